The lowest BCUT2D eigenvalue weighted by Crippen LogP contribution is -2.36. The van der Waals surface area contributed by atoms with Crippen molar-refractivity contribution in [3.8, 4) is 0 Å². The predicted octanol–water partition coefficient (Wildman–Crippen LogP) is 1.36. The number of likely N-dealkylation sites (N-methyl/N-ethyl adjacent to an activating group) is 1. The SMILES string of the molecule is CCN(CCNC(=O)c1cccc(S(=O)(=O)NC[C@@H]2CCCO2)c1)C1CC1. The Morgan fingerprint density at radius 1 is 1.30 bits per heavy atom. The Morgan fingerprint density at radius 2 is 2.11 bits per heavy atom. The van der Waals surface area contributed by atoms with Crippen LogP contribution in [0.5, 0.6) is 0 Å². The summed E-state index contributed by atoms with van der Waals surface area (Å²) in [5.41, 5.74) is 0.351. The van der Waals surface area contributed by atoms with E-state index in [0.717, 1.165) is 25.9 Å². The van der Waals surface area contributed by atoms with E-state index in [-0.39, 0.29) is 23.5 Å². The van der Waals surface area contributed by atoms with Crippen molar-refractivity contribution in [3.05, 3.63) is 29.8 Å². The van der Waals surface area contributed by atoms with E-state index < -0.39 is 10.0 Å². The van der Waals surface area contributed by atoms with Gasteiger partial charge in [0.25, 0.3) is 5.91 Å². The van der Waals surface area contributed by atoms with Gasteiger partial charge in [-0.3, -0.25) is 9.69 Å². The quantitative estimate of drug-likeness (QED) is 0.625. The highest BCUT2D eigenvalue weighted by Gasteiger charge is 2.27. The molecule has 8 heteroatoms. The molecule has 2 aliphatic rings. The minimum absolute atomic E-state index is 0.0702. The lowest BCUT2D eigenvalue weighted by Gasteiger charge is -2.19. The summed E-state index contributed by atoms with van der Waals surface area (Å²) in [4.78, 5) is 14.8. The topological polar surface area (TPSA) is 87.7 Å². The molecule has 27 heavy (non-hydrogen) atoms. The number of nitrogens with zero attached hydrogens (tertiary/aromatic N) is 1. The monoisotopic (exact) mass is 395 g/mol. The van der Waals surface area contributed by atoms with Gasteiger partial charge in [0.2, 0.25) is 10.0 Å². The van der Waals surface area contributed by atoms with Gasteiger partial charge in [-0.2, -0.15) is 0 Å². The zero-order chi connectivity index (χ0) is 19.3. The molecule has 0 aromatic heterocycles. The fourth-order valence-electron chi connectivity index (χ4n) is 3.35. The van der Waals surface area contributed by atoms with Gasteiger partial charge in [0.1, 0.15) is 0 Å². The second-order valence-corrected chi connectivity index (χ2v) is 8.90. The van der Waals surface area contributed by atoms with E-state index in [1.54, 1.807) is 12.1 Å². The van der Waals surface area contributed by atoms with Gasteiger partial charge in [0.15, 0.2) is 0 Å². The number of sulfonamides is 1. The van der Waals surface area contributed by atoms with E-state index >= 15 is 0 Å². The predicted molar refractivity (Wildman–Crippen MR) is 103 cm³/mol. The van der Waals surface area contributed by atoms with Crippen LogP contribution < -0.4 is 10.0 Å². The largest absolute Gasteiger partial charge is 0.377 e. The third kappa shape index (κ3) is 5.75. The van der Waals surface area contributed by atoms with Crippen molar-refractivity contribution in [2.45, 2.75) is 49.6 Å². The fraction of sp³-hybridized carbons (Fsp3) is 0.632. The molecule has 1 aliphatic heterocycles. The number of amides is 1. The fourth-order valence-corrected chi connectivity index (χ4v) is 4.46. The highest BCUT2D eigenvalue weighted by molar-refractivity contribution is 7.89. The summed E-state index contributed by atoms with van der Waals surface area (Å²) in [7, 11) is -3.66. The van der Waals surface area contributed by atoms with Crippen LogP contribution in [-0.4, -0.2) is 64.2 Å². The van der Waals surface area contributed by atoms with Crippen molar-refractivity contribution in [3.63, 3.8) is 0 Å². The second-order valence-electron chi connectivity index (χ2n) is 7.13. The van der Waals surface area contributed by atoms with E-state index in [1.165, 1.54) is 25.0 Å². The van der Waals surface area contributed by atoms with Crippen LogP contribution in [0.15, 0.2) is 29.2 Å². The molecule has 0 spiro atoms. The molecule has 7 nitrogen and oxygen atoms in total. The standard InChI is InChI=1S/C19H29N3O4S/c1-2-22(16-8-9-16)11-10-20-19(23)15-5-3-7-18(13-15)27(24,25)21-14-17-6-4-12-26-17/h3,5,7,13,16-17,21H,2,4,6,8-12,14H2,1H3,(H,20,23)/t17-/m0/s1. The van der Waals surface area contributed by atoms with Crippen molar-refractivity contribution in [2.75, 3.05) is 32.8 Å². The molecule has 1 aromatic carbocycles. The first-order valence-corrected chi connectivity index (χ1v) is 11.2. The Balaban J connectivity index is 1.54. The van der Waals surface area contributed by atoms with Crippen molar-refractivity contribution in [1.82, 2.24) is 14.9 Å². The Kier molecular flexibility index (Phi) is 6.86. The molecular weight excluding hydrogens is 366 g/mol. The molecule has 1 saturated heterocycles. The molecule has 1 aliphatic carbocycles. The molecule has 2 fully saturated rings. The van der Waals surface area contributed by atoms with E-state index in [0.29, 0.717) is 24.8 Å². The van der Waals surface area contributed by atoms with Gasteiger partial charge in [-0.15, -0.1) is 0 Å². The molecule has 1 atom stereocenters. The van der Waals surface area contributed by atoms with Gasteiger partial charge < -0.3 is 10.1 Å². The summed E-state index contributed by atoms with van der Waals surface area (Å²) < 4.78 is 33.0. The number of carbonyl (C=O) groups is 1. The number of hydrogen-bond donors (Lipinski definition) is 2. The first-order valence-electron chi connectivity index (χ1n) is 9.73. The maximum Gasteiger partial charge on any atom is 0.251 e. The highest BCUT2D eigenvalue weighted by Crippen LogP contribution is 2.25. The zero-order valence-corrected chi connectivity index (χ0v) is 16.6. The van der Waals surface area contributed by atoms with E-state index in [2.05, 4.69) is 21.9 Å². The Bertz CT molecular complexity index is 743. The number of ether oxygens (including phenoxy) is 1. The summed E-state index contributed by atoms with van der Waals surface area (Å²) in [5.74, 6) is -0.252. The molecule has 3 rings (SSSR count). The molecular formula is C19H29N3O4S. The lowest BCUT2D eigenvalue weighted by atomic mass is 10.2. The number of hydrogen-bond acceptors (Lipinski definition) is 5. The van der Waals surface area contributed by atoms with Crippen LogP contribution in [0, 0.1) is 0 Å². The summed E-state index contributed by atoms with van der Waals surface area (Å²) in [6.45, 7) is 5.40. The second kappa shape index (κ2) is 9.14. The van der Waals surface area contributed by atoms with E-state index in [1.807, 2.05) is 0 Å². The first kappa shape index (κ1) is 20.3. The number of carbonyl (C=O) groups excluding carboxylic acids is 1. The van der Waals surface area contributed by atoms with Gasteiger partial charge >= 0.3 is 0 Å². The number of rotatable bonds is 10. The summed E-state index contributed by atoms with van der Waals surface area (Å²) in [6, 6.07) is 6.81. The maximum absolute atomic E-state index is 12.5. The van der Waals surface area contributed by atoms with Gasteiger partial charge in [-0.25, -0.2) is 13.1 Å². The van der Waals surface area contributed by atoms with Gasteiger partial charge in [-0.1, -0.05) is 13.0 Å². The van der Waals surface area contributed by atoms with Crippen LogP contribution in [-0.2, 0) is 14.8 Å². The third-order valence-electron chi connectivity index (χ3n) is 5.09. The highest BCUT2D eigenvalue weighted by atomic mass is 32.2. The molecule has 0 radical (unpaired) electrons. The van der Waals surface area contributed by atoms with Crippen molar-refractivity contribution in [2.24, 2.45) is 0 Å². The Hall–Kier alpha value is -1.48. The lowest BCUT2D eigenvalue weighted by molar-refractivity contribution is 0.0947. The summed E-state index contributed by atoms with van der Waals surface area (Å²) in [5, 5.41) is 2.89. The van der Waals surface area contributed by atoms with Crippen LogP contribution in [0.4, 0.5) is 0 Å². The van der Waals surface area contributed by atoms with E-state index in [4.69, 9.17) is 4.74 Å². The van der Waals surface area contributed by atoms with Gasteiger partial charge in [0.05, 0.1) is 11.0 Å². The Morgan fingerprint density at radius 3 is 2.78 bits per heavy atom. The minimum Gasteiger partial charge on any atom is -0.377 e. The molecule has 0 bridgehead atoms. The molecule has 1 saturated carbocycles. The van der Waals surface area contributed by atoms with Crippen LogP contribution >= 0.6 is 0 Å². The van der Waals surface area contributed by atoms with Gasteiger partial charge in [0, 0.05) is 37.8 Å². The van der Waals surface area contributed by atoms with Crippen LogP contribution in [0.25, 0.3) is 0 Å². The summed E-state index contributed by atoms with van der Waals surface area (Å²) >= 11 is 0. The maximum atomic E-state index is 12.5. The van der Waals surface area contributed by atoms with Crippen molar-refractivity contribution in [1.29, 1.82) is 0 Å². The van der Waals surface area contributed by atoms with Gasteiger partial charge in [-0.05, 0) is 50.4 Å². The van der Waals surface area contributed by atoms with Crippen LogP contribution in [0.3, 0.4) is 0 Å². The summed E-state index contributed by atoms with van der Waals surface area (Å²) in [6.07, 6.45) is 4.22. The number of nitrogens with one attached hydrogen (secondary N) is 2. The first-order chi connectivity index (χ1) is 13.0. The molecule has 150 valence electrons. The molecule has 2 N–H and O–H groups in total. The molecule has 1 aromatic rings. The average molecular weight is 396 g/mol. The third-order valence-corrected chi connectivity index (χ3v) is 6.51. The number of benzene rings is 1. The van der Waals surface area contributed by atoms with Crippen molar-refractivity contribution >= 4 is 15.9 Å². The van der Waals surface area contributed by atoms with E-state index in [9.17, 15) is 13.2 Å². The normalized spacial score (nSPS) is 20.1. The zero-order valence-electron chi connectivity index (χ0n) is 15.8. The van der Waals surface area contributed by atoms with Crippen LogP contribution in [0.2, 0.25) is 0 Å². The van der Waals surface area contributed by atoms with Crippen molar-refractivity contribution < 1.29 is 17.9 Å². The minimum atomic E-state index is -3.66. The molecule has 0 unspecified atom stereocenters. The average Bonchev–Trinajstić information content (AvgIpc) is 3.38. The van der Waals surface area contributed by atoms with Crippen LogP contribution in [0.1, 0.15) is 43.0 Å². The molecule has 1 heterocycles. The molecule has 1 amide bonds. The Labute approximate surface area is 161 Å². The smallest absolute Gasteiger partial charge is 0.251 e.